The van der Waals surface area contributed by atoms with Gasteiger partial charge in [-0.15, -0.1) is 0 Å². The Labute approximate surface area is 178 Å². The van der Waals surface area contributed by atoms with E-state index in [-0.39, 0.29) is 24.1 Å². The van der Waals surface area contributed by atoms with E-state index >= 15 is 0 Å². The van der Waals surface area contributed by atoms with Gasteiger partial charge in [-0.05, 0) is 54.1 Å². The van der Waals surface area contributed by atoms with Gasteiger partial charge in [-0.3, -0.25) is 0 Å². The first-order valence-electron chi connectivity index (χ1n) is 9.48. The van der Waals surface area contributed by atoms with Crippen molar-refractivity contribution in [1.82, 2.24) is 0 Å². The van der Waals surface area contributed by atoms with Crippen molar-refractivity contribution in [2.75, 3.05) is 11.5 Å². The van der Waals surface area contributed by atoms with Crippen LogP contribution < -0.4 is 20.9 Å². The standard InChI is InChI=1S/C24H20N2O5/c25-17-6-10-19(11-7-17)29-21-14-22(30-20-12-8-18(26)9-13-20)31-23(21)24(27)28-15-16-4-2-1-3-5-16/h1-14H,15,25-26H2. The van der Waals surface area contributed by atoms with Gasteiger partial charge in [-0.1, -0.05) is 30.3 Å². The van der Waals surface area contributed by atoms with Crippen LogP contribution in [0.3, 0.4) is 0 Å². The third-order valence-electron chi connectivity index (χ3n) is 4.28. The van der Waals surface area contributed by atoms with Crippen molar-refractivity contribution in [2.45, 2.75) is 6.61 Å². The Hall–Kier alpha value is -4.39. The van der Waals surface area contributed by atoms with E-state index in [0.29, 0.717) is 22.9 Å². The lowest BCUT2D eigenvalue weighted by Crippen LogP contribution is -2.05. The van der Waals surface area contributed by atoms with Gasteiger partial charge in [0, 0.05) is 11.4 Å². The molecule has 0 saturated heterocycles. The predicted molar refractivity (Wildman–Crippen MR) is 116 cm³/mol. The van der Waals surface area contributed by atoms with Crippen molar-refractivity contribution in [1.29, 1.82) is 0 Å². The van der Waals surface area contributed by atoms with Gasteiger partial charge in [0.25, 0.3) is 11.7 Å². The van der Waals surface area contributed by atoms with Crippen LogP contribution in [0.2, 0.25) is 0 Å². The summed E-state index contributed by atoms with van der Waals surface area (Å²) in [4.78, 5) is 12.7. The molecule has 4 rings (SSSR count). The average molecular weight is 416 g/mol. The molecule has 31 heavy (non-hydrogen) atoms. The van der Waals surface area contributed by atoms with E-state index in [0.717, 1.165) is 5.56 Å². The summed E-state index contributed by atoms with van der Waals surface area (Å²) in [6, 6.07) is 24.3. The van der Waals surface area contributed by atoms with Crippen LogP contribution in [0.5, 0.6) is 23.2 Å². The number of benzene rings is 3. The fraction of sp³-hybridized carbons (Fsp3) is 0.0417. The third kappa shape index (κ3) is 5.16. The van der Waals surface area contributed by atoms with Crippen molar-refractivity contribution in [3.05, 3.63) is 96.3 Å². The molecule has 0 spiro atoms. The van der Waals surface area contributed by atoms with E-state index in [9.17, 15) is 4.79 Å². The van der Waals surface area contributed by atoms with Gasteiger partial charge in [0.15, 0.2) is 5.75 Å². The zero-order chi connectivity index (χ0) is 21.6. The molecule has 1 heterocycles. The normalized spacial score (nSPS) is 10.5. The van der Waals surface area contributed by atoms with E-state index in [2.05, 4.69) is 0 Å². The molecular weight excluding hydrogens is 396 g/mol. The monoisotopic (exact) mass is 416 g/mol. The number of furan rings is 1. The van der Waals surface area contributed by atoms with Gasteiger partial charge < -0.3 is 30.1 Å². The zero-order valence-electron chi connectivity index (χ0n) is 16.5. The van der Waals surface area contributed by atoms with Crippen molar-refractivity contribution in [3.63, 3.8) is 0 Å². The van der Waals surface area contributed by atoms with E-state index in [1.165, 1.54) is 6.07 Å². The second kappa shape index (κ2) is 8.96. The van der Waals surface area contributed by atoms with Crippen LogP contribution in [-0.4, -0.2) is 5.97 Å². The number of carbonyl (C=O) groups is 1. The maximum absolute atomic E-state index is 12.7. The molecule has 4 N–H and O–H groups in total. The van der Waals surface area contributed by atoms with E-state index in [4.69, 9.17) is 30.1 Å². The molecule has 0 aliphatic heterocycles. The Morgan fingerprint density at radius 2 is 1.35 bits per heavy atom. The molecule has 0 radical (unpaired) electrons. The van der Waals surface area contributed by atoms with Crippen LogP contribution in [0.25, 0.3) is 0 Å². The summed E-state index contributed by atoms with van der Waals surface area (Å²) < 4.78 is 22.5. The lowest BCUT2D eigenvalue weighted by molar-refractivity contribution is 0.0427. The van der Waals surface area contributed by atoms with E-state index < -0.39 is 5.97 Å². The van der Waals surface area contributed by atoms with Crippen molar-refractivity contribution in [2.24, 2.45) is 0 Å². The maximum Gasteiger partial charge on any atom is 0.378 e. The molecule has 0 bridgehead atoms. The molecule has 7 heteroatoms. The average Bonchev–Trinajstić information content (AvgIpc) is 3.18. The second-order valence-corrected chi connectivity index (χ2v) is 6.66. The SMILES string of the molecule is Nc1ccc(Oc2cc(Oc3ccc(N)cc3)c(C(=O)OCc3ccccc3)o2)cc1. The Morgan fingerprint density at radius 3 is 1.97 bits per heavy atom. The lowest BCUT2D eigenvalue weighted by Gasteiger charge is -2.06. The molecule has 4 aromatic rings. The summed E-state index contributed by atoms with van der Waals surface area (Å²) >= 11 is 0. The molecule has 0 saturated carbocycles. The van der Waals surface area contributed by atoms with E-state index in [1.54, 1.807) is 48.5 Å². The molecule has 156 valence electrons. The van der Waals surface area contributed by atoms with E-state index in [1.807, 2.05) is 30.3 Å². The largest absolute Gasteiger partial charge is 0.455 e. The highest BCUT2D eigenvalue weighted by Gasteiger charge is 2.23. The molecule has 3 aromatic carbocycles. The topological polar surface area (TPSA) is 110 Å². The molecular formula is C24H20N2O5. The number of esters is 1. The lowest BCUT2D eigenvalue weighted by atomic mass is 10.2. The van der Waals surface area contributed by atoms with Crippen LogP contribution in [-0.2, 0) is 11.3 Å². The van der Waals surface area contributed by atoms with Crippen LogP contribution in [0.4, 0.5) is 11.4 Å². The Morgan fingerprint density at radius 1 is 0.774 bits per heavy atom. The van der Waals surface area contributed by atoms with Gasteiger partial charge in [0.1, 0.15) is 18.1 Å². The highest BCUT2D eigenvalue weighted by atomic mass is 16.6. The summed E-state index contributed by atoms with van der Waals surface area (Å²) in [6.07, 6.45) is 0. The Balaban J connectivity index is 1.57. The molecule has 7 nitrogen and oxygen atoms in total. The minimum Gasteiger partial charge on any atom is -0.455 e. The van der Waals surface area contributed by atoms with Gasteiger partial charge in [-0.25, -0.2) is 4.79 Å². The highest BCUT2D eigenvalue weighted by Crippen LogP contribution is 2.35. The van der Waals surface area contributed by atoms with Crippen molar-refractivity contribution < 1.29 is 23.4 Å². The van der Waals surface area contributed by atoms with Gasteiger partial charge in [0.05, 0.1) is 6.07 Å². The number of ether oxygens (including phenoxy) is 3. The quantitative estimate of drug-likeness (QED) is 0.307. The predicted octanol–water partition coefficient (Wildman–Crippen LogP) is 5.39. The van der Waals surface area contributed by atoms with Crippen LogP contribution in [0, 0.1) is 0 Å². The first-order valence-corrected chi connectivity index (χ1v) is 9.48. The van der Waals surface area contributed by atoms with Gasteiger partial charge in [-0.2, -0.15) is 0 Å². The van der Waals surface area contributed by atoms with Crippen molar-refractivity contribution >= 4 is 17.3 Å². The highest BCUT2D eigenvalue weighted by molar-refractivity contribution is 5.90. The molecule has 0 atom stereocenters. The smallest absolute Gasteiger partial charge is 0.378 e. The molecule has 0 unspecified atom stereocenters. The first kappa shape index (κ1) is 19.9. The minimum atomic E-state index is -0.679. The second-order valence-electron chi connectivity index (χ2n) is 6.66. The minimum absolute atomic E-state index is 0.0712. The fourth-order valence-electron chi connectivity index (χ4n) is 2.72. The molecule has 0 aliphatic carbocycles. The molecule has 0 amide bonds. The molecule has 0 fully saturated rings. The summed E-state index contributed by atoms with van der Waals surface area (Å²) in [6.45, 7) is 0.0931. The van der Waals surface area contributed by atoms with Gasteiger partial charge >= 0.3 is 5.97 Å². The van der Waals surface area contributed by atoms with Crippen LogP contribution in [0.15, 0.2) is 89.3 Å². The molecule has 1 aromatic heterocycles. The van der Waals surface area contributed by atoms with Crippen molar-refractivity contribution in [3.8, 4) is 23.2 Å². The summed E-state index contributed by atoms with van der Waals surface area (Å²) in [5.41, 5.74) is 13.5. The zero-order valence-corrected chi connectivity index (χ0v) is 16.5. The maximum atomic E-state index is 12.7. The number of nitrogens with two attached hydrogens (primary N) is 2. The molecule has 0 aliphatic rings. The van der Waals surface area contributed by atoms with Crippen LogP contribution in [0.1, 0.15) is 16.1 Å². The Bertz CT molecular complexity index is 1150. The number of carbonyl (C=O) groups excluding carboxylic acids is 1. The fourth-order valence-corrected chi connectivity index (χ4v) is 2.72. The Kier molecular flexibility index (Phi) is 5.75. The number of nitrogen functional groups attached to an aromatic ring is 2. The summed E-state index contributed by atoms with van der Waals surface area (Å²) in [7, 11) is 0. The third-order valence-corrected chi connectivity index (χ3v) is 4.28. The van der Waals surface area contributed by atoms with Crippen LogP contribution >= 0.6 is 0 Å². The first-order chi connectivity index (χ1) is 15.1. The summed E-state index contributed by atoms with van der Waals surface area (Å²) in [5.74, 6) is 0.409. The number of hydrogen-bond donors (Lipinski definition) is 2. The van der Waals surface area contributed by atoms with Gasteiger partial charge in [0.2, 0.25) is 0 Å². The number of rotatable bonds is 7. The number of anilines is 2. The number of hydrogen-bond acceptors (Lipinski definition) is 7. The summed E-state index contributed by atoms with van der Waals surface area (Å²) in [5, 5.41) is 0.